The van der Waals surface area contributed by atoms with Gasteiger partial charge in [0.1, 0.15) is 12.5 Å². The molecular weight excluding hydrogens is 488 g/mol. The number of esters is 4. The molecule has 0 fully saturated rings. The summed E-state index contributed by atoms with van der Waals surface area (Å²) in [7, 11) is 0. The highest BCUT2D eigenvalue weighted by Gasteiger charge is 2.40. The molecule has 0 N–H and O–H groups in total. The molecule has 0 unspecified atom stereocenters. The van der Waals surface area contributed by atoms with Crippen molar-refractivity contribution in [3.63, 3.8) is 0 Å². The van der Waals surface area contributed by atoms with Gasteiger partial charge in [-0.3, -0.25) is 9.59 Å². The van der Waals surface area contributed by atoms with E-state index in [9.17, 15) is 19.2 Å². The fraction of sp³-hybridized carbons (Fsp3) is 0.200. The van der Waals surface area contributed by atoms with E-state index in [2.05, 4.69) is 0 Å². The first-order valence-electron chi connectivity index (χ1n) is 12.0. The molecule has 0 saturated carbocycles. The molecule has 1 aliphatic heterocycles. The molecule has 3 atom stereocenters. The Labute approximate surface area is 219 Å². The van der Waals surface area contributed by atoms with Crippen molar-refractivity contribution in [2.24, 2.45) is 0 Å². The first-order valence-corrected chi connectivity index (χ1v) is 12.0. The van der Waals surface area contributed by atoms with Gasteiger partial charge in [-0.25, -0.2) is 9.59 Å². The maximum absolute atomic E-state index is 13.5. The van der Waals surface area contributed by atoms with Crippen LogP contribution in [0.2, 0.25) is 0 Å². The van der Waals surface area contributed by atoms with Crippen LogP contribution in [0.3, 0.4) is 0 Å². The molecule has 3 aromatic carbocycles. The summed E-state index contributed by atoms with van der Waals surface area (Å²) in [5, 5.41) is 0. The van der Waals surface area contributed by atoms with Crippen molar-refractivity contribution < 1.29 is 38.1 Å². The second-order valence-corrected chi connectivity index (χ2v) is 8.53. The molecule has 0 aromatic heterocycles. The predicted octanol–water partition coefficient (Wildman–Crippen LogP) is 4.00. The van der Waals surface area contributed by atoms with Crippen LogP contribution in [-0.2, 0) is 33.3 Å². The topological polar surface area (TPSA) is 105 Å². The number of benzene rings is 3. The third-order valence-electron chi connectivity index (χ3n) is 5.82. The summed E-state index contributed by atoms with van der Waals surface area (Å²) in [5.74, 6) is -3.40. The van der Waals surface area contributed by atoms with Crippen LogP contribution >= 0.6 is 0 Å². The number of carbonyl (C=O) groups is 4. The molecule has 0 saturated heterocycles. The molecule has 0 spiro atoms. The minimum absolute atomic E-state index is 0.297. The zero-order valence-electron chi connectivity index (χ0n) is 20.6. The van der Waals surface area contributed by atoms with Crippen LogP contribution in [0.4, 0.5) is 0 Å². The number of carbonyl (C=O) groups excluding carboxylic acids is 4. The average molecular weight is 515 g/mol. The summed E-state index contributed by atoms with van der Waals surface area (Å²) in [6.07, 6.45) is -1.06. The van der Waals surface area contributed by atoms with Crippen LogP contribution in [0, 0.1) is 0 Å². The van der Waals surface area contributed by atoms with Crippen LogP contribution in [0.25, 0.3) is 0 Å². The van der Waals surface area contributed by atoms with Crippen molar-refractivity contribution in [2.45, 2.75) is 31.2 Å². The quantitative estimate of drug-likeness (QED) is 0.312. The molecule has 1 aliphatic rings. The minimum Gasteiger partial charge on any atom is -0.458 e. The van der Waals surface area contributed by atoms with Crippen molar-refractivity contribution >= 4 is 23.9 Å². The van der Waals surface area contributed by atoms with E-state index in [-0.39, 0.29) is 0 Å². The van der Waals surface area contributed by atoms with Crippen molar-refractivity contribution in [3.8, 4) is 0 Å². The largest absolute Gasteiger partial charge is 0.458 e. The molecule has 194 valence electrons. The first kappa shape index (κ1) is 26.3. The fourth-order valence-electron chi connectivity index (χ4n) is 4.10. The van der Waals surface area contributed by atoms with Gasteiger partial charge in [0.2, 0.25) is 0 Å². The second kappa shape index (κ2) is 12.5. The molecule has 38 heavy (non-hydrogen) atoms. The van der Waals surface area contributed by atoms with E-state index in [0.29, 0.717) is 16.7 Å². The zero-order valence-corrected chi connectivity index (χ0v) is 20.6. The Morgan fingerprint density at radius 1 is 0.842 bits per heavy atom. The molecule has 8 heteroatoms. The van der Waals surface area contributed by atoms with Gasteiger partial charge in [0.15, 0.2) is 18.3 Å². The van der Waals surface area contributed by atoms with Crippen molar-refractivity contribution in [2.75, 3.05) is 6.61 Å². The van der Waals surface area contributed by atoms with Gasteiger partial charge in [-0.05, 0) is 29.3 Å². The third kappa shape index (κ3) is 6.73. The summed E-state index contributed by atoms with van der Waals surface area (Å²) < 4.78 is 22.0. The SMILES string of the molecule is CC(=O)O[C@H](COC(=O)c1ccccc1)[C@H]1OC(=O)C=C[C@H]1OC(=O)C(c1ccccc1)c1ccccc1. The Bertz CT molecular complexity index is 1250. The Balaban J connectivity index is 1.57. The highest BCUT2D eigenvalue weighted by molar-refractivity contribution is 5.89. The summed E-state index contributed by atoms with van der Waals surface area (Å²) >= 11 is 0. The summed E-state index contributed by atoms with van der Waals surface area (Å²) in [5.41, 5.74) is 1.72. The van der Waals surface area contributed by atoms with E-state index in [0.717, 1.165) is 6.08 Å². The van der Waals surface area contributed by atoms with Crippen molar-refractivity contribution in [1.82, 2.24) is 0 Å². The molecule has 4 rings (SSSR count). The molecule has 1 heterocycles. The van der Waals surface area contributed by atoms with Gasteiger partial charge >= 0.3 is 23.9 Å². The Kier molecular flexibility index (Phi) is 8.66. The van der Waals surface area contributed by atoms with Gasteiger partial charge in [-0.1, -0.05) is 78.9 Å². The van der Waals surface area contributed by atoms with E-state index in [1.165, 1.54) is 13.0 Å². The maximum Gasteiger partial charge on any atom is 0.338 e. The molecular formula is C30H26O8. The lowest BCUT2D eigenvalue weighted by Crippen LogP contribution is -2.49. The lowest BCUT2D eigenvalue weighted by Gasteiger charge is -2.33. The molecule has 3 aromatic rings. The van der Waals surface area contributed by atoms with Crippen LogP contribution in [0.15, 0.2) is 103 Å². The third-order valence-corrected chi connectivity index (χ3v) is 5.82. The van der Waals surface area contributed by atoms with Gasteiger partial charge in [0, 0.05) is 13.0 Å². The van der Waals surface area contributed by atoms with Gasteiger partial charge < -0.3 is 18.9 Å². The van der Waals surface area contributed by atoms with Gasteiger partial charge in [-0.2, -0.15) is 0 Å². The first-order chi connectivity index (χ1) is 18.4. The zero-order chi connectivity index (χ0) is 26.9. The summed E-state index contributed by atoms with van der Waals surface area (Å²) in [4.78, 5) is 50.0. The lowest BCUT2D eigenvalue weighted by atomic mass is 9.91. The number of ether oxygens (including phenoxy) is 4. The van der Waals surface area contributed by atoms with Crippen LogP contribution in [0.1, 0.15) is 34.3 Å². The lowest BCUT2D eigenvalue weighted by molar-refractivity contribution is -0.183. The summed E-state index contributed by atoms with van der Waals surface area (Å²) in [6.45, 7) is 0.752. The smallest absolute Gasteiger partial charge is 0.338 e. The van der Waals surface area contributed by atoms with Crippen LogP contribution in [0.5, 0.6) is 0 Å². The number of hydrogen-bond acceptors (Lipinski definition) is 8. The average Bonchev–Trinajstić information content (AvgIpc) is 2.93. The van der Waals surface area contributed by atoms with E-state index in [4.69, 9.17) is 18.9 Å². The Hall–Kier alpha value is -4.72. The predicted molar refractivity (Wildman–Crippen MR) is 136 cm³/mol. The number of cyclic esters (lactones) is 1. The van der Waals surface area contributed by atoms with E-state index in [1.807, 2.05) is 60.7 Å². The van der Waals surface area contributed by atoms with Gasteiger partial charge in [0.25, 0.3) is 0 Å². The normalized spacial score (nSPS) is 17.3. The number of rotatable bonds is 9. The maximum atomic E-state index is 13.5. The highest BCUT2D eigenvalue weighted by atomic mass is 16.6. The van der Waals surface area contributed by atoms with Gasteiger partial charge in [-0.15, -0.1) is 0 Å². The van der Waals surface area contributed by atoms with Crippen LogP contribution in [-0.4, -0.2) is 48.8 Å². The van der Waals surface area contributed by atoms with Crippen molar-refractivity contribution in [3.05, 3.63) is 120 Å². The van der Waals surface area contributed by atoms with Crippen LogP contribution < -0.4 is 0 Å². The second-order valence-electron chi connectivity index (χ2n) is 8.53. The Morgan fingerprint density at radius 2 is 1.39 bits per heavy atom. The summed E-state index contributed by atoms with van der Waals surface area (Å²) in [6, 6.07) is 26.5. The van der Waals surface area contributed by atoms with E-state index in [1.54, 1.807) is 30.3 Å². The molecule has 0 amide bonds. The highest BCUT2D eigenvalue weighted by Crippen LogP contribution is 2.28. The molecule has 0 aliphatic carbocycles. The molecule has 8 nitrogen and oxygen atoms in total. The minimum atomic E-state index is -1.24. The Morgan fingerprint density at radius 3 is 1.95 bits per heavy atom. The standard InChI is InChI=1S/C30H26O8/c1-20(31)36-25(19-35-29(33)23-15-9-4-10-16-23)28-24(17-18-26(32)38-28)37-30(34)27(21-11-5-2-6-12-21)22-13-7-3-8-14-22/h2-18,24-25,27-28H,19H2,1H3/t24-,25-,28+/m1/s1. The van der Waals surface area contributed by atoms with Gasteiger partial charge in [0.05, 0.1) is 5.56 Å². The number of hydrogen-bond donors (Lipinski definition) is 0. The van der Waals surface area contributed by atoms with E-state index < -0.39 is 54.7 Å². The van der Waals surface area contributed by atoms with Crippen molar-refractivity contribution in [1.29, 1.82) is 0 Å². The monoisotopic (exact) mass is 514 g/mol. The fourth-order valence-corrected chi connectivity index (χ4v) is 4.10. The van der Waals surface area contributed by atoms with E-state index >= 15 is 0 Å². The molecule has 0 bridgehead atoms. The molecule has 0 radical (unpaired) electrons.